The number of rotatable bonds is 6. The van der Waals surface area contributed by atoms with E-state index in [1.165, 1.54) is 5.56 Å². The molecule has 0 radical (unpaired) electrons. The van der Waals surface area contributed by atoms with Gasteiger partial charge in [-0.1, -0.05) is 12.1 Å². The zero-order valence-corrected chi connectivity index (χ0v) is 17.6. The monoisotopic (exact) mass is 403 g/mol. The summed E-state index contributed by atoms with van der Waals surface area (Å²) in [5, 5.41) is 10.1. The molecule has 1 aliphatic heterocycles. The third-order valence-corrected chi connectivity index (χ3v) is 7.31. The molecule has 1 atom stereocenters. The van der Waals surface area contributed by atoms with Crippen LogP contribution in [0.1, 0.15) is 31.9 Å². The van der Waals surface area contributed by atoms with Crippen molar-refractivity contribution >= 4 is 10.0 Å². The van der Waals surface area contributed by atoms with Crippen LogP contribution >= 0.6 is 0 Å². The number of aliphatic hydroxyl groups is 1. The molecule has 152 valence electrons. The normalized spacial score (nSPS) is 19.6. The van der Waals surface area contributed by atoms with Crippen LogP contribution in [-0.4, -0.2) is 59.9 Å². The topological polar surface area (TPSA) is 73.7 Å². The fraction of sp³-hybridized carbons (Fsp3) is 0.476. The highest BCUT2D eigenvalue weighted by molar-refractivity contribution is 7.89. The number of sulfonamides is 1. The Balaban J connectivity index is 1.64. The van der Waals surface area contributed by atoms with Gasteiger partial charge in [-0.25, -0.2) is 8.42 Å². The second-order valence-electron chi connectivity index (χ2n) is 7.95. The van der Waals surface area contributed by atoms with Gasteiger partial charge in [0.15, 0.2) is 0 Å². The van der Waals surface area contributed by atoms with E-state index in [9.17, 15) is 13.5 Å². The first kappa shape index (κ1) is 20.9. The predicted molar refractivity (Wildman–Crippen MR) is 109 cm³/mol. The maximum atomic E-state index is 13.1. The van der Waals surface area contributed by atoms with Crippen LogP contribution in [0.25, 0.3) is 0 Å². The van der Waals surface area contributed by atoms with E-state index in [1.54, 1.807) is 54.8 Å². The van der Waals surface area contributed by atoms with E-state index in [0.717, 1.165) is 19.5 Å². The van der Waals surface area contributed by atoms with Crippen LogP contribution in [0.15, 0.2) is 53.7 Å². The van der Waals surface area contributed by atoms with E-state index >= 15 is 0 Å². The van der Waals surface area contributed by atoms with Gasteiger partial charge in [0.1, 0.15) is 0 Å². The van der Waals surface area contributed by atoms with Gasteiger partial charge < -0.3 is 10.0 Å². The Bertz CT molecular complexity index is 877. The van der Waals surface area contributed by atoms with Gasteiger partial charge in [0, 0.05) is 44.6 Å². The molecule has 1 fully saturated rings. The summed E-state index contributed by atoms with van der Waals surface area (Å²) >= 11 is 0. The standard InChI is InChI=1S/C21H29N3O3S/c1-17-16-23(13-10-18-8-11-22-12-9-18)14-15-24(17)28(26,27)20-6-4-19(5-7-20)21(2,3)25/h4-9,11-12,17,25H,10,13-16H2,1-3H3/t17-/m1/s1. The summed E-state index contributed by atoms with van der Waals surface area (Å²) in [4.78, 5) is 6.63. The molecule has 1 aromatic heterocycles. The molecule has 0 spiro atoms. The van der Waals surface area contributed by atoms with Crippen LogP contribution in [0.4, 0.5) is 0 Å². The first-order valence-electron chi connectivity index (χ1n) is 9.64. The van der Waals surface area contributed by atoms with Gasteiger partial charge >= 0.3 is 0 Å². The molecule has 1 saturated heterocycles. The molecule has 0 saturated carbocycles. The summed E-state index contributed by atoms with van der Waals surface area (Å²) in [5.74, 6) is 0. The van der Waals surface area contributed by atoms with Crippen LogP contribution < -0.4 is 0 Å². The summed E-state index contributed by atoms with van der Waals surface area (Å²) in [7, 11) is -3.55. The molecule has 0 aliphatic carbocycles. The van der Waals surface area contributed by atoms with Crippen molar-refractivity contribution in [3.63, 3.8) is 0 Å². The number of piperazine rings is 1. The van der Waals surface area contributed by atoms with Crippen LogP contribution in [0, 0.1) is 0 Å². The molecule has 6 nitrogen and oxygen atoms in total. The second kappa shape index (κ2) is 8.29. The van der Waals surface area contributed by atoms with Gasteiger partial charge in [0.05, 0.1) is 10.5 Å². The molecule has 0 unspecified atom stereocenters. The van der Waals surface area contributed by atoms with Crippen LogP contribution in [-0.2, 0) is 22.0 Å². The van der Waals surface area contributed by atoms with Crippen LogP contribution in [0.3, 0.4) is 0 Å². The van der Waals surface area contributed by atoms with Crippen molar-refractivity contribution in [2.24, 2.45) is 0 Å². The molecule has 28 heavy (non-hydrogen) atoms. The SMILES string of the molecule is C[C@@H]1CN(CCc2ccncc2)CCN1S(=O)(=O)c1ccc(C(C)(C)O)cc1. The Morgan fingerprint density at radius 2 is 1.75 bits per heavy atom. The largest absolute Gasteiger partial charge is 0.386 e. The molecule has 1 N–H and O–H groups in total. The summed E-state index contributed by atoms with van der Waals surface area (Å²) in [6.07, 6.45) is 4.53. The Morgan fingerprint density at radius 3 is 2.32 bits per heavy atom. The smallest absolute Gasteiger partial charge is 0.243 e. The minimum Gasteiger partial charge on any atom is -0.386 e. The van der Waals surface area contributed by atoms with Crippen molar-refractivity contribution < 1.29 is 13.5 Å². The third kappa shape index (κ3) is 4.78. The highest BCUT2D eigenvalue weighted by atomic mass is 32.2. The van der Waals surface area contributed by atoms with Crippen LogP contribution in [0.5, 0.6) is 0 Å². The minimum absolute atomic E-state index is 0.0925. The lowest BCUT2D eigenvalue weighted by atomic mass is 9.99. The third-order valence-electron chi connectivity index (χ3n) is 5.28. The first-order chi connectivity index (χ1) is 13.2. The average molecular weight is 404 g/mol. The van der Waals surface area contributed by atoms with E-state index in [1.807, 2.05) is 19.1 Å². The Morgan fingerprint density at radius 1 is 1.11 bits per heavy atom. The Kier molecular flexibility index (Phi) is 6.19. The number of nitrogens with zero attached hydrogens (tertiary/aromatic N) is 3. The highest BCUT2D eigenvalue weighted by Gasteiger charge is 2.33. The van der Waals surface area contributed by atoms with Crippen molar-refractivity contribution in [1.29, 1.82) is 0 Å². The van der Waals surface area contributed by atoms with E-state index in [0.29, 0.717) is 18.7 Å². The van der Waals surface area contributed by atoms with E-state index < -0.39 is 15.6 Å². The van der Waals surface area contributed by atoms with Gasteiger partial charge in [0.25, 0.3) is 0 Å². The fourth-order valence-corrected chi connectivity index (χ4v) is 5.20. The second-order valence-corrected chi connectivity index (χ2v) is 9.84. The Hall–Kier alpha value is -1.80. The van der Waals surface area contributed by atoms with Gasteiger partial charge in [-0.05, 0) is 62.6 Å². The lowest BCUT2D eigenvalue weighted by Crippen LogP contribution is -2.54. The fourth-order valence-electron chi connectivity index (χ4n) is 3.58. The van der Waals surface area contributed by atoms with Crippen molar-refractivity contribution in [3.05, 3.63) is 59.9 Å². The van der Waals surface area contributed by atoms with Gasteiger partial charge in [-0.15, -0.1) is 0 Å². The van der Waals surface area contributed by atoms with Crippen molar-refractivity contribution in [3.8, 4) is 0 Å². The molecule has 2 heterocycles. The summed E-state index contributed by atoms with van der Waals surface area (Å²) in [5.41, 5.74) is 0.945. The van der Waals surface area contributed by atoms with Gasteiger partial charge in [-0.2, -0.15) is 4.31 Å². The van der Waals surface area contributed by atoms with Crippen molar-refractivity contribution in [2.45, 2.75) is 43.7 Å². The number of benzene rings is 1. The number of aromatic nitrogens is 1. The molecule has 3 rings (SSSR count). The maximum Gasteiger partial charge on any atom is 0.243 e. The molecule has 2 aromatic rings. The molecule has 1 aliphatic rings. The highest BCUT2D eigenvalue weighted by Crippen LogP contribution is 2.25. The lowest BCUT2D eigenvalue weighted by Gasteiger charge is -2.39. The van der Waals surface area contributed by atoms with E-state index in [4.69, 9.17) is 0 Å². The molecular weight excluding hydrogens is 374 g/mol. The summed E-state index contributed by atoms with van der Waals surface area (Å²) < 4.78 is 27.8. The van der Waals surface area contributed by atoms with E-state index in [-0.39, 0.29) is 10.9 Å². The molecule has 7 heteroatoms. The maximum absolute atomic E-state index is 13.1. The van der Waals surface area contributed by atoms with Crippen molar-refractivity contribution in [1.82, 2.24) is 14.2 Å². The summed E-state index contributed by atoms with van der Waals surface area (Å²) in [6.45, 7) is 8.15. The van der Waals surface area contributed by atoms with Gasteiger partial charge in [0.2, 0.25) is 10.0 Å². The zero-order chi connectivity index (χ0) is 20.4. The molecule has 0 bridgehead atoms. The molecule has 1 aromatic carbocycles. The van der Waals surface area contributed by atoms with E-state index in [2.05, 4.69) is 9.88 Å². The number of pyridine rings is 1. The number of hydrogen-bond acceptors (Lipinski definition) is 5. The molecule has 0 amide bonds. The summed E-state index contributed by atoms with van der Waals surface area (Å²) in [6, 6.07) is 10.5. The molecular formula is C21H29N3O3S. The first-order valence-corrected chi connectivity index (χ1v) is 11.1. The quantitative estimate of drug-likeness (QED) is 0.801. The zero-order valence-electron chi connectivity index (χ0n) is 16.7. The lowest BCUT2D eigenvalue weighted by molar-refractivity contribution is 0.0785. The average Bonchev–Trinajstić information content (AvgIpc) is 2.66. The van der Waals surface area contributed by atoms with Crippen LogP contribution in [0.2, 0.25) is 0 Å². The Labute approximate surface area is 167 Å². The minimum atomic E-state index is -3.55. The van der Waals surface area contributed by atoms with Gasteiger partial charge in [-0.3, -0.25) is 4.98 Å². The van der Waals surface area contributed by atoms with Crippen molar-refractivity contribution in [2.75, 3.05) is 26.2 Å². The number of hydrogen-bond donors (Lipinski definition) is 1. The predicted octanol–water partition coefficient (Wildman–Crippen LogP) is 2.25.